The van der Waals surface area contributed by atoms with Crippen molar-refractivity contribution in [2.45, 2.75) is 132 Å². The number of fused-ring (bicyclic) bond motifs is 2. The number of ether oxygens (including phenoxy) is 6. The van der Waals surface area contributed by atoms with Crippen LogP contribution in [0.1, 0.15) is 84.7 Å². The topological polar surface area (TPSA) is 211 Å². The van der Waals surface area contributed by atoms with Crippen molar-refractivity contribution >= 4 is 46.1 Å². The number of nitrogens with zero attached hydrogens (tertiary/aromatic N) is 5. The smallest absolute Gasteiger partial charge is 0.317 e. The lowest BCUT2D eigenvalue weighted by molar-refractivity contribution is -0.295. The van der Waals surface area contributed by atoms with Crippen LogP contribution in [0, 0.1) is 23.7 Å². The van der Waals surface area contributed by atoms with Gasteiger partial charge < -0.3 is 38.6 Å². The Bertz CT molecular complexity index is 2150. The van der Waals surface area contributed by atoms with E-state index < -0.39 is 112 Å². The van der Waals surface area contributed by atoms with Gasteiger partial charge in [-0.05, 0) is 92.9 Å². The number of Topliss-reactive ketones (excluding diaryl/α,β-unsaturated/α-hetero) is 2. The number of benzene rings is 1. The molecule has 15 atom stereocenters. The summed E-state index contributed by atoms with van der Waals surface area (Å²) in [5, 5.41) is 31.1. The van der Waals surface area contributed by atoms with Crippen molar-refractivity contribution in [2.75, 3.05) is 34.0 Å². The van der Waals surface area contributed by atoms with Gasteiger partial charge in [-0.3, -0.25) is 29.1 Å². The zero-order valence-electron chi connectivity index (χ0n) is 38.9. The van der Waals surface area contributed by atoms with Crippen LogP contribution in [0.15, 0.2) is 55.0 Å². The number of aliphatic hydroxyl groups is 2. The number of carbonyl (C=O) groups is 4. The summed E-state index contributed by atoms with van der Waals surface area (Å²) >= 11 is 1.67. The third kappa shape index (κ3) is 11.2. The largest absolute Gasteiger partial charge is 0.455 e. The Balaban J connectivity index is 1.21. The molecule has 3 aromatic rings. The van der Waals surface area contributed by atoms with Gasteiger partial charge in [0.1, 0.15) is 36.1 Å². The first-order chi connectivity index (χ1) is 31.2. The number of pyridine rings is 1. The molecule has 0 saturated carbocycles. The van der Waals surface area contributed by atoms with E-state index in [1.807, 2.05) is 55.3 Å². The zero-order valence-corrected chi connectivity index (χ0v) is 41.1. The van der Waals surface area contributed by atoms with Crippen LogP contribution in [-0.4, -0.2) is 145 Å². The molecule has 5 heterocycles. The molecule has 3 aliphatic heterocycles. The zero-order chi connectivity index (χ0) is 48.2. The Hall–Kier alpha value is -3.83. The van der Waals surface area contributed by atoms with Gasteiger partial charge in [-0.25, -0.2) is 9.07 Å². The van der Waals surface area contributed by atoms with E-state index in [0.29, 0.717) is 25.1 Å². The molecule has 0 spiro atoms. The van der Waals surface area contributed by atoms with Gasteiger partial charge in [0, 0.05) is 63.3 Å². The molecular formula is C47H63FIN5O12. The summed E-state index contributed by atoms with van der Waals surface area (Å²) in [7, 11) is 3.39. The van der Waals surface area contributed by atoms with Crippen LogP contribution in [0.2, 0.25) is 0 Å². The van der Waals surface area contributed by atoms with E-state index in [4.69, 9.17) is 28.4 Å². The second-order valence-electron chi connectivity index (χ2n) is 18.5. The molecule has 19 heteroatoms. The number of alkyl halides is 2. The van der Waals surface area contributed by atoms with Gasteiger partial charge in [-0.1, -0.05) is 49.4 Å². The van der Waals surface area contributed by atoms with Gasteiger partial charge in [0.25, 0.3) is 0 Å². The van der Waals surface area contributed by atoms with E-state index in [-0.39, 0.29) is 18.8 Å². The number of cyclic esters (lactones) is 1. The summed E-state index contributed by atoms with van der Waals surface area (Å²) in [6.07, 6.45) is -0.00198. The predicted molar refractivity (Wildman–Crippen MR) is 244 cm³/mol. The molecule has 3 fully saturated rings. The Kier molecular flexibility index (Phi) is 16.9. The van der Waals surface area contributed by atoms with Crippen LogP contribution >= 0.6 is 22.6 Å². The molecule has 2 bridgehead atoms. The van der Waals surface area contributed by atoms with Gasteiger partial charge in [0.05, 0.1) is 42.3 Å². The van der Waals surface area contributed by atoms with E-state index in [0.717, 1.165) is 16.7 Å². The molecule has 0 aliphatic carbocycles. The van der Waals surface area contributed by atoms with E-state index in [2.05, 4.69) is 15.3 Å². The third-order valence-corrected chi connectivity index (χ3v) is 15.0. The number of esters is 2. The fourth-order valence-electron chi connectivity index (χ4n) is 9.50. The Morgan fingerprint density at radius 3 is 2.42 bits per heavy atom. The highest BCUT2D eigenvalue weighted by Gasteiger charge is 2.55. The molecule has 17 nitrogen and oxygen atoms in total. The van der Waals surface area contributed by atoms with Crippen molar-refractivity contribution in [3.63, 3.8) is 0 Å². The highest BCUT2D eigenvalue weighted by molar-refractivity contribution is 14.1. The van der Waals surface area contributed by atoms with E-state index in [9.17, 15) is 33.8 Å². The van der Waals surface area contributed by atoms with Crippen LogP contribution in [0.5, 0.6) is 0 Å². The minimum absolute atomic E-state index is 0.0582. The number of carbonyl (C=O) groups excluding carboxylic acids is 4. The summed E-state index contributed by atoms with van der Waals surface area (Å²) in [5.74, 6) is -6.64. The van der Waals surface area contributed by atoms with Crippen molar-refractivity contribution in [1.82, 2.24) is 24.9 Å². The maximum Gasteiger partial charge on any atom is 0.317 e. The normalized spacial score (nSPS) is 34.4. The molecule has 0 radical (unpaired) electrons. The number of aliphatic hydroxyl groups excluding tert-OH is 1. The first-order valence-electron chi connectivity index (χ1n) is 22.3. The quantitative estimate of drug-likeness (QED) is 0.102. The van der Waals surface area contributed by atoms with E-state index >= 15 is 0 Å². The van der Waals surface area contributed by atoms with Gasteiger partial charge in [-0.2, -0.15) is 0 Å². The molecule has 0 amide bonds. The van der Waals surface area contributed by atoms with E-state index in [1.54, 1.807) is 55.0 Å². The van der Waals surface area contributed by atoms with Crippen molar-refractivity contribution in [1.29, 1.82) is 0 Å². The minimum atomic E-state index is -2.02. The number of aromatic nitrogens is 4. The van der Waals surface area contributed by atoms with Crippen molar-refractivity contribution < 1.29 is 62.2 Å². The maximum atomic E-state index is 14.8. The van der Waals surface area contributed by atoms with E-state index in [1.165, 1.54) is 39.5 Å². The number of hydrogen-bond donors (Lipinski definition) is 2. The van der Waals surface area contributed by atoms with Crippen molar-refractivity contribution in [2.24, 2.45) is 23.7 Å². The van der Waals surface area contributed by atoms with Crippen molar-refractivity contribution in [3.8, 4) is 11.1 Å². The first-order valence-corrected chi connectivity index (χ1v) is 23.6. The molecule has 3 aliphatic rings. The molecule has 2 aromatic heterocycles. The Labute approximate surface area is 398 Å². The predicted octanol–water partition coefficient (Wildman–Crippen LogP) is 4.80. The number of ketones is 2. The molecule has 3 saturated heterocycles. The van der Waals surface area contributed by atoms with Gasteiger partial charge >= 0.3 is 11.9 Å². The van der Waals surface area contributed by atoms with Gasteiger partial charge in [0.15, 0.2) is 22.3 Å². The lowest BCUT2D eigenvalue weighted by atomic mass is 9.76. The third-order valence-electron chi connectivity index (χ3n) is 13.5. The number of rotatable bonds is 13. The second-order valence-corrected chi connectivity index (χ2v) is 19.6. The average Bonchev–Trinajstić information content (AvgIpc) is 3.95. The summed E-state index contributed by atoms with van der Waals surface area (Å²) in [5.41, 5.74) is -0.0510. The average molecular weight is 1040 g/mol. The fraction of sp³-hybridized carbons (Fsp3) is 0.638. The summed E-state index contributed by atoms with van der Waals surface area (Å²) in [6.45, 7) is 10.2. The Morgan fingerprint density at radius 2 is 1.79 bits per heavy atom. The van der Waals surface area contributed by atoms with Gasteiger partial charge in [-0.15, -0.1) is 5.10 Å². The molecule has 362 valence electrons. The van der Waals surface area contributed by atoms with Crippen LogP contribution in [0.3, 0.4) is 0 Å². The van der Waals surface area contributed by atoms with Crippen LogP contribution < -0.4 is 0 Å². The highest BCUT2D eigenvalue weighted by atomic mass is 127. The highest BCUT2D eigenvalue weighted by Crippen LogP contribution is 2.43. The lowest BCUT2D eigenvalue weighted by Gasteiger charge is -2.47. The fourth-order valence-corrected chi connectivity index (χ4v) is 10.1. The number of hydrogen-bond acceptors (Lipinski definition) is 16. The van der Waals surface area contributed by atoms with Gasteiger partial charge in [0.2, 0.25) is 0 Å². The van der Waals surface area contributed by atoms with Crippen LogP contribution in [0.25, 0.3) is 11.1 Å². The summed E-state index contributed by atoms with van der Waals surface area (Å²) in [6, 6.07) is 10.2. The maximum absolute atomic E-state index is 14.8. The van der Waals surface area contributed by atoms with Crippen molar-refractivity contribution in [3.05, 3.63) is 66.2 Å². The molecule has 66 heavy (non-hydrogen) atoms. The summed E-state index contributed by atoms with van der Waals surface area (Å²) < 4.78 is 51.8. The molecule has 0 unspecified atom stereocenters. The van der Waals surface area contributed by atoms with Crippen LogP contribution in [0.4, 0.5) is 4.39 Å². The SMILES string of the molecule is CO[C@H](c1ccc(-c2cccnc2)cc1)[C@@H](CF)n1cc(CCN(C)[C@H]2C[C@@H](C)O[C@@H](O[C@@H]3[C@@H](C)C(=O)[C@@H](C)C(=O)O[C@H](I)[C@@](C)(O)[C@H](O)[C@@H](C)C(=O)[C@@H]4CO[C@]3(C)C4)[C@@H]2OC(C)=O)nn1. The lowest BCUT2D eigenvalue weighted by Crippen LogP contribution is -2.60. The molecule has 1 aromatic carbocycles. The molecule has 2 N–H and O–H groups in total. The monoisotopic (exact) mass is 1040 g/mol. The van der Waals surface area contributed by atoms with Crippen LogP contribution in [-0.2, 0) is 54.0 Å². The molecule has 6 rings (SSSR count). The summed E-state index contributed by atoms with van der Waals surface area (Å²) in [4.78, 5) is 60.5. The number of methoxy groups -OCH3 is 1. The Morgan fingerprint density at radius 1 is 1.08 bits per heavy atom. The first kappa shape index (κ1) is 51.6. The minimum Gasteiger partial charge on any atom is -0.455 e. The second kappa shape index (κ2) is 21.6. The number of likely N-dealkylation sites (N-methyl/N-ethyl adjacent to an activating group) is 1. The molecular weight excluding hydrogens is 972 g/mol. The number of halogens is 2. The standard InChI is InChI=1S/C47H63FIN5O12/c1-25-19-35(53(8)18-16-34-23-54(52-51-34)36(21-48)39(61-9)31-14-12-30(13-15-31)32-11-10-17-50-22-32)40(64-29(5)55)44(63-25)65-42-27(3)37(56)28(4)43(59)66-45(49)47(7,60)41(58)26(2)38(57)33-20-46(42,6)62-24-33/h10-15,17,22-23,25-28,33,35-36,39-42,44-45,58,60H,16,18-21,24H2,1-9H3/t25-,26+,27+,28-,33+,35+,36-,39-,40-,41-,42-,44+,45+,46-,47+/m1/s1.